The van der Waals surface area contributed by atoms with Crippen molar-refractivity contribution in [2.75, 3.05) is 13.2 Å². The number of hydrogen-bond acceptors (Lipinski definition) is 8. The van der Waals surface area contributed by atoms with Gasteiger partial charge < -0.3 is 42.6 Å². The Hall–Kier alpha value is -3.03. The van der Waals surface area contributed by atoms with Gasteiger partial charge in [0, 0.05) is 18.3 Å². The van der Waals surface area contributed by atoms with Crippen LogP contribution in [0.4, 0.5) is 0 Å². The first-order valence-electron chi connectivity index (χ1n) is 10.8. The molecule has 1 heterocycles. The lowest BCUT2D eigenvalue weighted by molar-refractivity contribution is -0.142. The Bertz CT molecular complexity index is 771. The summed E-state index contributed by atoms with van der Waals surface area (Å²) in [6.07, 6.45) is 4.17. The lowest BCUT2D eigenvalue weighted by Crippen LogP contribution is -2.58. The molecule has 1 rings (SSSR count). The molecule has 1 aromatic rings. The number of nitrogens with zero attached hydrogens (tertiary/aromatic N) is 1. The molecule has 0 saturated carbocycles. The molecule has 1 aromatic heterocycles. The molecule has 13 nitrogen and oxygen atoms in total. The number of hydrogen-bond donors (Lipinski definition) is 8. The maximum absolute atomic E-state index is 12.9. The third-order valence-corrected chi connectivity index (χ3v) is 4.95. The van der Waals surface area contributed by atoms with Crippen molar-refractivity contribution in [2.24, 2.45) is 17.4 Å². The highest BCUT2D eigenvalue weighted by Gasteiger charge is 2.31. The molecule has 0 aromatic carbocycles. The number of aromatic amines is 1. The van der Waals surface area contributed by atoms with Gasteiger partial charge in [-0.25, -0.2) is 9.78 Å². The number of carboxylic acid groups (broad SMARTS) is 1. The highest BCUT2D eigenvalue weighted by Crippen LogP contribution is 2.07. The molecule has 0 aliphatic rings. The number of rotatable bonds is 15. The first kappa shape index (κ1) is 28.0. The Balaban J connectivity index is 2.94. The summed E-state index contributed by atoms with van der Waals surface area (Å²) in [5.74, 6) is -3.60. The molecule has 33 heavy (non-hydrogen) atoms. The van der Waals surface area contributed by atoms with E-state index in [1.54, 1.807) is 13.8 Å². The van der Waals surface area contributed by atoms with Crippen LogP contribution >= 0.6 is 0 Å². The summed E-state index contributed by atoms with van der Waals surface area (Å²) in [5, 5.41) is 26.1. The van der Waals surface area contributed by atoms with Crippen LogP contribution in [0.15, 0.2) is 12.5 Å². The van der Waals surface area contributed by atoms with E-state index in [2.05, 4.69) is 25.9 Å². The minimum Gasteiger partial charge on any atom is -0.480 e. The maximum atomic E-state index is 12.9. The highest BCUT2D eigenvalue weighted by molar-refractivity contribution is 5.94. The number of carbonyl (C=O) groups is 4. The Morgan fingerprint density at radius 2 is 1.73 bits per heavy atom. The normalized spacial score (nSPS) is 14.7. The van der Waals surface area contributed by atoms with Crippen molar-refractivity contribution >= 4 is 23.7 Å². The van der Waals surface area contributed by atoms with E-state index in [1.165, 1.54) is 12.5 Å². The number of aliphatic carboxylic acids is 1. The minimum absolute atomic E-state index is 0.0196. The number of aliphatic hydroxyl groups excluding tert-OH is 1. The number of amides is 3. The summed E-state index contributed by atoms with van der Waals surface area (Å²) >= 11 is 0. The smallest absolute Gasteiger partial charge is 0.326 e. The molecular formula is C20H35N7O6. The van der Waals surface area contributed by atoms with E-state index in [-0.39, 0.29) is 18.8 Å². The zero-order valence-electron chi connectivity index (χ0n) is 18.9. The summed E-state index contributed by atoms with van der Waals surface area (Å²) in [4.78, 5) is 56.1. The van der Waals surface area contributed by atoms with Crippen LogP contribution in [-0.4, -0.2) is 81.2 Å². The summed E-state index contributed by atoms with van der Waals surface area (Å²) in [7, 11) is 0. The first-order valence-corrected chi connectivity index (χ1v) is 10.8. The van der Waals surface area contributed by atoms with Crippen molar-refractivity contribution in [3.63, 3.8) is 0 Å². The molecule has 0 aliphatic heterocycles. The van der Waals surface area contributed by atoms with Crippen molar-refractivity contribution in [3.8, 4) is 0 Å². The fourth-order valence-corrected chi connectivity index (χ4v) is 2.99. The SMILES string of the molecule is CC(C)C(NC(=O)C(N)CO)C(=O)NC(CCCCN)C(=O)NC(Cc1cnc[nH]1)C(=O)O. The zero-order chi connectivity index (χ0) is 25.0. The van der Waals surface area contributed by atoms with Gasteiger partial charge in [0.2, 0.25) is 17.7 Å². The van der Waals surface area contributed by atoms with Crippen molar-refractivity contribution in [1.82, 2.24) is 25.9 Å². The van der Waals surface area contributed by atoms with E-state index in [1.807, 2.05) is 0 Å². The molecule has 0 spiro atoms. The molecule has 3 amide bonds. The van der Waals surface area contributed by atoms with Crippen LogP contribution < -0.4 is 27.4 Å². The molecule has 0 saturated heterocycles. The van der Waals surface area contributed by atoms with Gasteiger partial charge in [0.05, 0.1) is 12.9 Å². The lowest BCUT2D eigenvalue weighted by Gasteiger charge is -2.26. The van der Waals surface area contributed by atoms with Crippen LogP contribution in [0.3, 0.4) is 0 Å². The zero-order valence-corrected chi connectivity index (χ0v) is 18.9. The van der Waals surface area contributed by atoms with Crippen LogP contribution in [-0.2, 0) is 25.6 Å². The summed E-state index contributed by atoms with van der Waals surface area (Å²) in [5.41, 5.74) is 11.5. The van der Waals surface area contributed by atoms with E-state index >= 15 is 0 Å². The molecule has 13 heteroatoms. The van der Waals surface area contributed by atoms with Gasteiger partial charge >= 0.3 is 5.97 Å². The molecule has 10 N–H and O–H groups in total. The molecule has 4 unspecified atom stereocenters. The van der Waals surface area contributed by atoms with Crippen molar-refractivity contribution < 1.29 is 29.4 Å². The molecule has 4 atom stereocenters. The molecule has 0 bridgehead atoms. The number of carboxylic acids is 1. The average Bonchev–Trinajstić information content (AvgIpc) is 3.28. The van der Waals surface area contributed by atoms with Crippen molar-refractivity contribution in [1.29, 1.82) is 0 Å². The highest BCUT2D eigenvalue weighted by atomic mass is 16.4. The van der Waals surface area contributed by atoms with Crippen LogP contribution in [0.1, 0.15) is 38.8 Å². The second-order valence-corrected chi connectivity index (χ2v) is 8.05. The van der Waals surface area contributed by atoms with Gasteiger partial charge in [-0.05, 0) is 31.7 Å². The summed E-state index contributed by atoms with van der Waals surface area (Å²) < 4.78 is 0. The van der Waals surface area contributed by atoms with Gasteiger partial charge in [-0.1, -0.05) is 13.8 Å². The van der Waals surface area contributed by atoms with E-state index in [4.69, 9.17) is 16.6 Å². The third kappa shape index (κ3) is 9.55. The number of aromatic nitrogens is 2. The molecular weight excluding hydrogens is 434 g/mol. The fourth-order valence-electron chi connectivity index (χ4n) is 2.99. The maximum Gasteiger partial charge on any atom is 0.326 e. The van der Waals surface area contributed by atoms with Gasteiger partial charge in [0.25, 0.3) is 0 Å². The first-order chi connectivity index (χ1) is 15.6. The standard InChI is InChI=1S/C20H35N7O6/c1-11(2)16(27-17(29)13(22)9-28)19(31)25-14(5-3-4-6-21)18(30)26-15(20(32)33)7-12-8-23-10-24-12/h8,10-11,13-16,28H,3-7,9,21-22H2,1-2H3,(H,23,24)(H,25,31)(H,26,30)(H,27,29)(H,32,33). The van der Waals surface area contributed by atoms with Gasteiger partial charge in [0.1, 0.15) is 24.2 Å². The predicted molar refractivity (Wildman–Crippen MR) is 119 cm³/mol. The van der Waals surface area contributed by atoms with Gasteiger partial charge in [-0.2, -0.15) is 0 Å². The number of H-pyrrole nitrogens is 1. The number of aliphatic hydroxyl groups is 1. The minimum atomic E-state index is -1.24. The van der Waals surface area contributed by atoms with E-state index in [9.17, 15) is 24.3 Å². The number of nitrogens with two attached hydrogens (primary N) is 2. The molecule has 0 radical (unpaired) electrons. The fraction of sp³-hybridized carbons (Fsp3) is 0.650. The van der Waals surface area contributed by atoms with Gasteiger partial charge in [-0.3, -0.25) is 14.4 Å². The van der Waals surface area contributed by atoms with Crippen LogP contribution in [0, 0.1) is 5.92 Å². The van der Waals surface area contributed by atoms with Crippen molar-refractivity contribution in [3.05, 3.63) is 18.2 Å². The van der Waals surface area contributed by atoms with Crippen molar-refractivity contribution in [2.45, 2.75) is 63.7 Å². The Morgan fingerprint density at radius 3 is 2.24 bits per heavy atom. The van der Waals surface area contributed by atoms with Crippen LogP contribution in [0.2, 0.25) is 0 Å². The van der Waals surface area contributed by atoms with E-state index in [0.717, 1.165) is 0 Å². The monoisotopic (exact) mass is 469 g/mol. The Kier molecular flexibility index (Phi) is 12.0. The number of nitrogens with one attached hydrogen (secondary N) is 4. The van der Waals surface area contributed by atoms with E-state index < -0.39 is 54.5 Å². The van der Waals surface area contributed by atoms with Crippen LogP contribution in [0.5, 0.6) is 0 Å². The topological polar surface area (TPSA) is 226 Å². The quantitative estimate of drug-likeness (QED) is 0.128. The number of carbonyl (C=O) groups excluding carboxylic acids is 3. The lowest BCUT2D eigenvalue weighted by atomic mass is 10.0. The Labute approximate surface area is 192 Å². The number of unbranched alkanes of at least 4 members (excludes halogenated alkanes) is 1. The third-order valence-electron chi connectivity index (χ3n) is 4.95. The second kappa shape index (κ2) is 14.2. The molecule has 186 valence electrons. The number of imidazole rings is 1. The van der Waals surface area contributed by atoms with Crippen LogP contribution in [0.25, 0.3) is 0 Å². The van der Waals surface area contributed by atoms with E-state index in [0.29, 0.717) is 25.1 Å². The van der Waals surface area contributed by atoms with Gasteiger partial charge in [0.15, 0.2) is 0 Å². The molecule has 0 fully saturated rings. The predicted octanol–water partition coefficient (Wildman–Crippen LogP) is -2.40. The average molecular weight is 470 g/mol. The Morgan fingerprint density at radius 1 is 1.06 bits per heavy atom. The summed E-state index contributed by atoms with van der Waals surface area (Å²) in [6.45, 7) is 3.20. The van der Waals surface area contributed by atoms with Gasteiger partial charge in [-0.15, -0.1) is 0 Å². The largest absolute Gasteiger partial charge is 0.480 e. The summed E-state index contributed by atoms with van der Waals surface area (Å²) in [6, 6.07) is -4.49. The second-order valence-electron chi connectivity index (χ2n) is 8.05. The molecule has 0 aliphatic carbocycles.